The van der Waals surface area contributed by atoms with E-state index in [0.29, 0.717) is 23.8 Å². The van der Waals surface area contributed by atoms with E-state index in [1.54, 1.807) is 12.1 Å². The lowest BCUT2D eigenvalue weighted by atomic mass is 9.98. The Morgan fingerprint density at radius 3 is 2.48 bits per heavy atom. The van der Waals surface area contributed by atoms with E-state index in [1.807, 2.05) is 48.2 Å². The van der Waals surface area contributed by atoms with E-state index in [-0.39, 0.29) is 17.9 Å². The molecule has 1 aliphatic heterocycles. The molecule has 0 unspecified atom stereocenters. The molecule has 2 aromatic rings. The molecule has 27 heavy (non-hydrogen) atoms. The molecule has 0 bridgehead atoms. The quantitative estimate of drug-likeness (QED) is 0.800. The fourth-order valence-corrected chi connectivity index (χ4v) is 3.29. The van der Waals surface area contributed by atoms with Crippen molar-refractivity contribution >= 4 is 29.2 Å². The van der Waals surface area contributed by atoms with E-state index in [1.165, 1.54) is 0 Å². The summed E-state index contributed by atoms with van der Waals surface area (Å²) < 4.78 is 0. The monoisotopic (exact) mass is 385 g/mol. The molecule has 1 fully saturated rings. The van der Waals surface area contributed by atoms with Gasteiger partial charge in [0.25, 0.3) is 0 Å². The average Bonchev–Trinajstić information content (AvgIpc) is 2.66. The summed E-state index contributed by atoms with van der Waals surface area (Å²) in [5, 5.41) is 6.30. The topological polar surface area (TPSA) is 61.4 Å². The van der Waals surface area contributed by atoms with Gasteiger partial charge in [-0.15, -0.1) is 0 Å². The standard InChI is InChI=1S/C21H24ClN3O2/c1-15-3-2-12-25(20(15)26)14-17-6-10-19(11-7-17)24-21(27)23-13-16-4-8-18(22)9-5-16/h4-11,15H,2-3,12-14H2,1H3,(H2,23,24,27)/t15-/m0/s1. The second-order valence-electron chi connectivity index (χ2n) is 6.93. The first-order valence-corrected chi connectivity index (χ1v) is 9.56. The zero-order valence-electron chi connectivity index (χ0n) is 15.4. The van der Waals surface area contributed by atoms with Crippen LogP contribution in [0.3, 0.4) is 0 Å². The number of urea groups is 1. The van der Waals surface area contributed by atoms with Crippen LogP contribution in [0.15, 0.2) is 48.5 Å². The van der Waals surface area contributed by atoms with Crippen LogP contribution in [0.5, 0.6) is 0 Å². The van der Waals surface area contributed by atoms with E-state index in [9.17, 15) is 9.59 Å². The van der Waals surface area contributed by atoms with Crippen molar-refractivity contribution < 1.29 is 9.59 Å². The molecular formula is C21H24ClN3O2. The van der Waals surface area contributed by atoms with Crippen LogP contribution in [0.2, 0.25) is 5.02 Å². The van der Waals surface area contributed by atoms with Crippen LogP contribution in [0, 0.1) is 5.92 Å². The van der Waals surface area contributed by atoms with Gasteiger partial charge in [-0.3, -0.25) is 4.79 Å². The average molecular weight is 386 g/mol. The molecule has 1 aliphatic rings. The third-order valence-electron chi connectivity index (χ3n) is 4.75. The minimum Gasteiger partial charge on any atom is -0.338 e. The molecule has 3 amide bonds. The maximum atomic E-state index is 12.2. The fourth-order valence-electron chi connectivity index (χ4n) is 3.16. The number of piperidine rings is 1. The van der Waals surface area contributed by atoms with Crippen LogP contribution in [0.25, 0.3) is 0 Å². The largest absolute Gasteiger partial charge is 0.338 e. The van der Waals surface area contributed by atoms with E-state index in [4.69, 9.17) is 11.6 Å². The summed E-state index contributed by atoms with van der Waals surface area (Å²) in [4.78, 5) is 26.1. The zero-order chi connectivity index (χ0) is 19.2. The summed E-state index contributed by atoms with van der Waals surface area (Å²) in [7, 11) is 0. The number of carbonyl (C=O) groups is 2. The molecule has 1 saturated heterocycles. The number of carbonyl (C=O) groups excluding carboxylic acids is 2. The lowest BCUT2D eigenvalue weighted by Crippen LogP contribution is -2.39. The highest BCUT2D eigenvalue weighted by Crippen LogP contribution is 2.20. The van der Waals surface area contributed by atoms with Gasteiger partial charge in [0.1, 0.15) is 0 Å². The normalized spacial score (nSPS) is 16.9. The Balaban J connectivity index is 1.49. The van der Waals surface area contributed by atoms with Gasteiger partial charge in [0.05, 0.1) is 0 Å². The first-order valence-electron chi connectivity index (χ1n) is 9.18. The maximum absolute atomic E-state index is 12.2. The van der Waals surface area contributed by atoms with Gasteiger partial charge in [-0.05, 0) is 48.2 Å². The van der Waals surface area contributed by atoms with Gasteiger partial charge in [-0.1, -0.05) is 42.8 Å². The Hall–Kier alpha value is -2.53. The Morgan fingerprint density at radius 2 is 1.78 bits per heavy atom. The SMILES string of the molecule is C[C@H]1CCCN(Cc2ccc(NC(=O)NCc3ccc(Cl)cc3)cc2)C1=O. The van der Waals surface area contributed by atoms with Gasteiger partial charge < -0.3 is 15.5 Å². The lowest BCUT2D eigenvalue weighted by molar-refractivity contribution is -0.138. The molecular weight excluding hydrogens is 362 g/mol. The fraction of sp³-hybridized carbons (Fsp3) is 0.333. The number of nitrogens with zero attached hydrogens (tertiary/aromatic N) is 1. The maximum Gasteiger partial charge on any atom is 0.319 e. The molecule has 2 aromatic carbocycles. The van der Waals surface area contributed by atoms with Crippen molar-refractivity contribution in [3.05, 3.63) is 64.7 Å². The van der Waals surface area contributed by atoms with Crippen molar-refractivity contribution in [2.24, 2.45) is 5.92 Å². The van der Waals surface area contributed by atoms with E-state index < -0.39 is 0 Å². The van der Waals surface area contributed by atoms with Crippen molar-refractivity contribution in [3.63, 3.8) is 0 Å². The van der Waals surface area contributed by atoms with Crippen LogP contribution in [-0.4, -0.2) is 23.4 Å². The van der Waals surface area contributed by atoms with Crippen molar-refractivity contribution in [1.82, 2.24) is 10.2 Å². The third-order valence-corrected chi connectivity index (χ3v) is 5.00. The summed E-state index contributed by atoms with van der Waals surface area (Å²) in [6.45, 7) is 3.85. The van der Waals surface area contributed by atoms with E-state index in [0.717, 1.165) is 30.5 Å². The molecule has 0 radical (unpaired) electrons. The van der Waals surface area contributed by atoms with Crippen LogP contribution in [0.1, 0.15) is 30.9 Å². The van der Waals surface area contributed by atoms with Crippen LogP contribution in [0.4, 0.5) is 10.5 Å². The Kier molecular flexibility index (Phi) is 6.35. The van der Waals surface area contributed by atoms with Crippen LogP contribution in [-0.2, 0) is 17.9 Å². The Morgan fingerprint density at radius 1 is 1.11 bits per heavy atom. The molecule has 2 N–H and O–H groups in total. The highest BCUT2D eigenvalue weighted by molar-refractivity contribution is 6.30. The van der Waals surface area contributed by atoms with Gasteiger partial charge in [0.15, 0.2) is 0 Å². The molecule has 1 heterocycles. The van der Waals surface area contributed by atoms with E-state index >= 15 is 0 Å². The second kappa shape index (κ2) is 8.91. The Labute approximate surface area is 164 Å². The molecule has 142 valence electrons. The van der Waals surface area contributed by atoms with Crippen molar-refractivity contribution in [1.29, 1.82) is 0 Å². The lowest BCUT2D eigenvalue weighted by Gasteiger charge is -2.30. The van der Waals surface area contributed by atoms with Gasteiger partial charge >= 0.3 is 6.03 Å². The van der Waals surface area contributed by atoms with Gasteiger partial charge in [-0.25, -0.2) is 4.79 Å². The highest BCUT2D eigenvalue weighted by Gasteiger charge is 2.24. The number of hydrogen-bond acceptors (Lipinski definition) is 2. The molecule has 3 rings (SSSR count). The summed E-state index contributed by atoms with van der Waals surface area (Å²) in [6.07, 6.45) is 2.03. The minimum absolute atomic E-state index is 0.115. The molecule has 0 spiro atoms. The van der Waals surface area contributed by atoms with Gasteiger partial charge in [0, 0.05) is 36.3 Å². The summed E-state index contributed by atoms with van der Waals surface area (Å²) in [6, 6.07) is 14.7. The predicted molar refractivity (Wildman–Crippen MR) is 108 cm³/mol. The number of likely N-dealkylation sites (tertiary alicyclic amines) is 1. The number of benzene rings is 2. The Bertz CT molecular complexity index is 790. The zero-order valence-corrected chi connectivity index (χ0v) is 16.1. The highest BCUT2D eigenvalue weighted by atomic mass is 35.5. The summed E-state index contributed by atoms with van der Waals surface area (Å²) in [5.74, 6) is 0.342. The number of anilines is 1. The molecule has 1 atom stereocenters. The molecule has 0 aliphatic carbocycles. The van der Waals surface area contributed by atoms with Gasteiger partial charge in [0.2, 0.25) is 5.91 Å². The van der Waals surface area contributed by atoms with Crippen LogP contribution < -0.4 is 10.6 Å². The molecule has 5 nitrogen and oxygen atoms in total. The molecule has 0 saturated carbocycles. The number of amides is 3. The first-order chi connectivity index (χ1) is 13.0. The number of hydrogen-bond donors (Lipinski definition) is 2. The molecule has 0 aromatic heterocycles. The van der Waals surface area contributed by atoms with Crippen LogP contribution >= 0.6 is 11.6 Å². The minimum atomic E-state index is -0.266. The summed E-state index contributed by atoms with van der Waals surface area (Å²) >= 11 is 5.85. The number of rotatable bonds is 5. The van der Waals surface area contributed by atoms with Gasteiger partial charge in [-0.2, -0.15) is 0 Å². The smallest absolute Gasteiger partial charge is 0.319 e. The van der Waals surface area contributed by atoms with Crippen molar-refractivity contribution in [2.75, 3.05) is 11.9 Å². The number of halogens is 1. The number of nitrogens with one attached hydrogen (secondary N) is 2. The third kappa shape index (κ3) is 5.47. The van der Waals surface area contributed by atoms with E-state index in [2.05, 4.69) is 10.6 Å². The van der Waals surface area contributed by atoms with Crippen molar-refractivity contribution in [3.8, 4) is 0 Å². The van der Waals surface area contributed by atoms with Crippen molar-refractivity contribution in [2.45, 2.75) is 32.9 Å². The summed E-state index contributed by atoms with van der Waals surface area (Å²) in [5.41, 5.74) is 2.75. The second-order valence-corrected chi connectivity index (χ2v) is 7.37. The molecule has 6 heteroatoms. The first kappa shape index (κ1) is 19.2. The predicted octanol–water partition coefficient (Wildman–Crippen LogP) is 4.42.